The lowest BCUT2D eigenvalue weighted by molar-refractivity contribution is 0.469. The van der Waals surface area contributed by atoms with E-state index in [1.54, 1.807) is 22.9 Å². The van der Waals surface area contributed by atoms with Gasteiger partial charge in [-0.1, -0.05) is 29.8 Å². The highest BCUT2D eigenvalue weighted by Crippen LogP contribution is 2.27. The van der Waals surface area contributed by atoms with Crippen LogP contribution in [-0.4, -0.2) is 25.3 Å². The summed E-state index contributed by atoms with van der Waals surface area (Å²) >= 11 is 6.10. The number of nitrogens with one attached hydrogen (secondary N) is 1. The van der Waals surface area contributed by atoms with Crippen molar-refractivity contribution in [2.45, 2.75) is 6.54 Å². The summed E-state index contributed by atoms with van der Waals surface area (Å²) in [6, 6.07) is 12.7. The first-order valence-corrected chi connectivity index (χ1v) is 6.66. The quantitative estimate of drug-likeness (QED) is 0.775. The number of tetrazole rings is 1. The zero-order chi connectivity index (χ0) is 14.7. The SMILES string of the molecule is Oc1cccc(Cl)c1CNc1ccccc1-n1cnnn1. The average molecular weight is 302 g/mol. The van der Waals surface area contributed by atoms with E-state index >= 15 is 0 Å². The van der Waals surface area contributed by atoms with Crippen LogP contribution in [0.5, 0.6) is 5.75 Å². The van der Waals surface area contributed by atoms with Gasteiger partial charge in [0, 0.05) is 17.1 Å². The van der Waals surface area contributed by atoms with Crippen molar-refractivity contribution in [1.82, 2.24) is 20.2 Å². The summed E-state index contributed by atoms with van der Waals surface area (Å²) in [6.45, 7) is 0.393. The van der Waals surface area contributed by atoms with Crippen LogP contribution in [0.3, 0.4) is 0 Å². The predicted molar refractivity (Wildman–Crippen MR) is 79.6 cm³/mol. The fourth-order valence-corrected chi connectivity index (χ4v) is 2.24. The van der Waals surface area contributed by atoms with Crippen LogP contribution >= 0.6 is 11.6 Å². The van der Waals surface area contributed by atoms with E-state index in [0.29, 0.717) is 17.1 Å². The fourth-order valence-electron chi connectivity index (χ4n) is 2.00. The van der Waals surface area contributed by atoms with Crippen LogP contribution in [0, 0.1) is 0 Å². The Bertz CT molecular complexity index is 725. The van der Waals surface area contributed by atoms with Gasteiger partial charge in [0.1, 0.15) is 12.1 Å². The second-order valence-corrected chi connectivity index (χ2v) is 4.77. The molecule has 0 saturated carbocycles. The molecule has 106 valence electrons. The van der Waals surface area contributed by atoms with Gasteiger partial charge in [0.2, 0.25) is 0 Å². The molecule has 21 heavy (non-hydrogen) atoms. The maximum Gasteiger partial charge on any atom is 0.143 e. The van der Waals surface area contributed by atoms with Gasteiger partial charge in [0.05, 0.1) is 11.4 Å². The molecule has 6 nitrogen and oxygen atoms in total. The van der Waals surface area contributed by atoms with E-state index in [2.05, 4.69) is 20.8 Å². The molecular weight excluding hydrogens is 290 g/mol. The van der Waals surface area contributed by atoms with Crippen molar-refractivity contribution in [1.29, 1.82) is 0 Å². The van der Waals surface area contributed by atoms with Gasteiger partial charge in [-0.2, -0.15) is 4.68 Å². The van der Waals surface area contributed by atoms with Crippen molar-refractivity contribution >= 4 is 17.3 Å². The second kappa shape index (κ2) is 5.80. The number of hydrogen-bond donors (Lipinski definition) is 2. The van der Waals surface area contributed by atoms with Crippen LogP contribution in [-0.2, 0) is 6.54 Å². The van der Waals surface area contributed by atoms with Gasteiger partial charge in [-0.05, 0) is 34.7 Å². The lowest BCUT2D eigenvalue weighted by Gasteiger charge is -2.13. The average Bonchev–Trinajstić information content (AvgIpc) is 3.01. The minimum Gasteiger partial charge on any atom is -0.508 e. The van der Waals surface area contributed by atoms with E-state index in [4.69, 9.17) is 11.6 Å². The smallest absolute Gasteiger partial charge is 0.143 e. The lowest BCUT2D eigenvalue weighted by atomic mass is 10.2. The topological polar surface area (TPSA) is 75.9 Å². The van der Waals surface area contributed by atoms with Gasteiger partial charge in [0.15, 0.2) is 0 Å². The number of phenols is 1. The fraction of sp³-hybridized carbons (Fsp3) is 0.0714. The number of aromatic hydroxyl groups is 1. The Kier molecular flexibility index (Phi) is 3.70. The van der Waals surface area contributed by atoms with E-state index in [0.717, 1.165) is 11.4 Å². The Morgan fingerprint density at radius 1 is 1.14 bits per heavy atom. The summed E-state index contributed by atoms with van der Waals surface area (Å²) < 4.78 is 1.56. The molecular formula is C14H12ClN5O. The maximum atomic E-state index is 9.86. The number of benzene rings is 2. The molecule has 3 aromatic rings. The van der Waals surface area contributed by atoms with E-state index in [1.807, 2.05) is 24.3 Å². The highest BCUT2D eigenvalue weighted by molar-refractivity contribution is 6.31. The number of nitrogens with zero attached hydrogens (tertiary/aromatic N) is 4. The monoisotopic (exact) mass is 301 g/mol. The van der Waals surface area contributed by atoms with E-state index in [1.165, 1.54) is 6.33 Å². The molecule has 0 radical (unpaired) electrons. The maximum absolute atomic E-state index is 9.86. The normalized spacial score (nSPS) is 10.5. The Morgan fingerprint density at radius 2 is 2.00 bits per heavy atom. The van der Waals surface area contributed by atoms with Crippen LogP contribution < -0.4 is 5.32 Å². The molecule has 0 saturated heterocycles. The van der Waals surface area contributed by atoms with E-state index in [9.17, 15) is 5.11 Å². The minimum atomic E-state index is 0.162. The van der Waals surface area contributed by atoms with Gasteiger partial charge in [-0.25, -0.2) is 0 Å². The van der Waals surface area contributed by atoms with Crippen molar-refractivity contribution in [3.63, 3.8) is 0 Å². The molecule has 1 aromatic heterocycles. The number of para-hydroxylation sites is 2. The summed E-state index contributed by atoms with van der Waals surface area (Å²) in [6.07, 6.45) is 1.52. The number of halogens is 1. The number of aromatic nitrogens is 4. The third kappa shape index (κ3) is 2.80. The van der Waals surface area contributed by atoms with Gasteiger partial charge in [-0.15, -0.1) is 5.10 Å². The Labute approximate surface area is 126 Å². The number of hydrogen-bond acceptors (Lipinski definition) is 5. The van der Waals surface area contributed by atoms with Crippen molar-refractivity contribution in [2.75, 3.05) is 5.32 Å². The summed E-state index contributed by atoms with van der Waals surface area (Å²) in [5.74, 6) is 0.162. The number of rotatable bonds is 4. The van der Waals surface area contributed by atoms with Crippen LogP contribution in [0.1, 0.15) is 5.56 Å². The first kappa shape index (κ1) is 13.4. The van der Waals surface area contributed by atoms with Gasteiger partial charge < -0.3 is 10.4 Å². The Hall–Kier alpha value is -2.60. The molecule has 0 fully saturated rings. The zero-order valence-electron chi connectivity index (χ0n) is 10.9. The zero-order valence-corrected chi connectivity index (χ0v) is 11.7. The molecule has 0 atom stereocenters. The van der Waals surface area contributed by atoms with Crippen LogP contribution in [0.15, 0.2) is 48.8 Å². The predicted octanol–water partition coefficient (Wildman–Crippen LogP) is 2.63. The summed E-state index contributed by atoms with van der Waals surface area (Å²) in [7, 11) is 0. The molecule has 1 heterocycles. The summed E-state index contributed by atoms with van der Waals surface area (Å²) in [4.78, 5) is 0. The number of anilines is 1. The summed E-state index contributed by atoms with van der Waals surface area (Å²) in [5, 5.41) is 24.8. The van der Waals surface area contributed by atoms with Crippen molar-refractivity contribution in [3.8, 4) is 11.4 Å². The molecule has 0 amide bonds. The van der Waals surface area contributed by atoms with Gasteiger partial charge in [-0.3, -0.25) is 0 Å². The molecule has 7 heteroatoms. The van der Waals surface area contributed by atoms with Gasteiger partial charge in [0.25, 0.3) is 0 Å². The summed E-state index contributed by atoms with van der Waals surface area (Å²) in [5.41, 5.74) is 2.30. The first-order valence-electron chi connectivity index (χ1n) is 6.28. The van der Waals surface area contributed by atoms with Crippen molar-refractivity contribution in [2.24, 2.45) is 0 Å². The molecule has 2 N–H and O–H groups in total. The highest BCUT2D eigenvalue weighted by atomic mass is 35.5. The minimum absolute atomic E-state index is 0.162. The van der Waals surface area contributed by atoms with Crippen LogP contribution in [0.25, 0.3) is 5.69 Å². The van der Waals surface area contributed by atoms with Crippen molar-refractivity contribution < 1.29 is 5.11 Å². The lowest BCUT2D eigenvalue weighted by Crippen LogP contribution is -2.05. The Morgan fingerprint density at radius 3 is 2.76 bits per heavy atom. The third-order valence-corrected chi connectivity index (χ3v) is 3.40. The van der Waals surface area contributed by atoms with Crippen LogP contribution in [0.2, 0.25) is 5.02 Å². The van der Waals surface area contributed by atoms with E-state index in [-0.39, 0.29) is 5.75 Å². The molecule has 0 bridgehead atoms. The molecule has 0 spiro atoms. The standard InChI is InChI=1S/C14H12ClN5O/c15-11-4-3-7-14(21)10(11)8-16-12-5-1-2-6-13(12)20-9-17-18-19-20/h1-7,9,16,21H,8H2. The Balaban J connectivity index is 1.86. The molecule has 2 aromatic carbocycles. The molecule has 0 unspecified atom stereocenters. The first-order chi connectivity index (χ1) is 10.3. The number of phenolic OH excluding ortho intramolecular Hbond substituents is 1. The third-order valence-electron chi connectivity index (χ3n) is 3.05. The van der Waals surface area contributed by atoms with Crippen molar-refractivity contribution in [3.05, 3.63) is 59.4 Å². The van der Waals surface area contributed by atoms with Crippen LogP contribution in [0.4, 0.5) is 5.69 Å². The second-order valence-electron chi connectivity index (χ2n) is 4.36. The molecule has 3 rings (SSSR count). The molecule has 0 aliphatic rings. The molecule has 0 aliphatic heterocycles. The highest BCUT2D eigenvalue weighted by Gasteiger charge is 2.08. The molecule has 0 aliphatic carbocycles. The van der Waals surface area contributed by atoms with Gasteiger partial charge >= 0.3 is 0 Å². The van der Waals surface area contributed by atoms with E-state index < -0.39 is 0 Å². The largest absolute Gasteiger partial charge is 0.508 e.